The SMILES string of the molecule is O=S1(=O)c2ccccc2C(N2CCOCC2)C1c1ccccc1. The molecule has 4 rings (SSSR count). The molecular formula is C18H19NO3S. The maximum Gasteiger partial charge on any atom is 0.187 e. The van der Waals surface area contributed by atoms with Crippen LogP contribution in [0, 0.1) is 0 Å². The van der Waals surface area contributed by atoms with Gasteiger partial charge in [0.25, 0.3) is 0 Å². The molecule has 4 nitrogen and oxygen atoms in total. The Bertz CT molecular complexity index is 798. The predicted octanol–water partition coefficient (Wildman–Crippen LogP) is 2.59. The fourth-order valence-corrected chi connectivity index (χ4v) is 5.93. The summed E-state index contributed by atoms with van der Waals surface area (Å²) in [7, 11) is -3.38. The summed E-state index contributed by atoms with van der Waals surface area (Å²) in [5, 5.41) is -0.542. The second-order valence-electron chi connectivity index (χ2n) is 6.01. The number of fused-ring (bicyclic) bond motifs is 1. The van der Waals surface area contributed by atoms with Crippen LogP contribution >= 0.6 is 0 Å². The Balaban J connectivity index is 1.88. The van der Waals surface area contributed by atoms with Gasteiger partial charge in [-0.25, -0.2) is 8.42 Å². The highest BCUT2D eigenvalue weighted by molar-refractivity contribution is 7.92. The minimum atomic E-state index is -3.38. The van der Waals surface area contributed by atoms with E-state index in [1.54, 1.807) is 12.1 Å². The van der Waals surface area contributed by atoms with Crippen molar-refractivity contribution in [2.24, 2.45) is 0 Å². The number of morpholine rings is 1. The van der Waals surface area contributed by atoms with Gasteiger partial charge in [0, 0.05) is 13.1 Å². The molecule has 0 aromatic heterocycles. The summed E-state index contributed by atoms with van der Waals surface area (Å²) in [5.74, 6) is 0. The topological polar surface area (TPSA) is 46.6 Å². The van der Waals surface area contributed by atoms with Crippen molar-refractivity contribution in [2.45, 2.75) is 16.2 Å². The van der Waals surface area contributed by atoms with Crippen molar-refractivity contribution in [1.29, 1.82) is 0 Å². The van der Waals surface area contributed by atoms with E-state index in [1.165, 1.54) is 0 Å². The van der Waals surface area contributed by atoms with Crippen molar-refractivity contribution < 1.29 is 13.2 Å². The van der Waals surface area contributed by atoms with Crippen LogP contribution in [0.1, 0.15) is 22.4 Å². The van der Waals surface area contributed by atoms with E-state index in [0.717, 1.165) is 24.2 Å². The molecule has 2 heterocycles. The zero-order valence-electron chi connectivity index (χ0n) is 12.8. The molecule has 2 unspecified atom stereocenters. The van der Waals surface area contributed by atoms with Crippen LogP contribution in [0.25, 0.3) is 0 Å². The molecule has 0 saturated carbocycles. The number of nitrogens with zero attached hydrogens (tertiary/aromatic N) is 1. The van der Waals surface area contributed by atoms with E-state index in [-0.39, 0.29) is 6.04 Å². The summed E-state index contributed by atoms with van der Waals surface area (Å²) in [6.07, 6.45) is 0. The Morgan fingerprint density at radius 1 is 0.913 bits per heavy atom. The first-order chi connectivity index (χ1) is 11.2. The zero-order valence-corrected chi connectivity index (χ0v) is 13.6. The lowest BCUT2D eigenvalue weighted by molar-refractivity contribution is 0.0155. The highest BCUT2D eigenvalue weighted by Gasteiger charge is 2.48. The Kier molecular flexibility index (Phi) is 3.71. The number of benzene rings is 2. The molecule has 23 heavy (non-hydrogen) atoms. The van der Waals surface area contributed by atoms with Crippen LogP contribution < -0.4 is 0 Å². The van der Waals surface area contributed by atoms with E-state index in [4.69, 9.17) is 4.74 Å². The van der Waals surface area contributed by atoms with Gasteiger partial charge in [0.1, 0.15) is 5.25 Å². The molecule has 5 heteroatoms. The molecule has 0 amide bonds. The number of hydrogen-bond acceptors (Lipinski definition) is 4. The average molecular weight is 329 g/mol. The average Bonchev–Trinajstić information content (AvgIpc) is 2.84. The lowest BCUT2D eigenvalue weighted by atomic mass is 9.97. The van der Waals surface area contributed by atoms with E-state index in [0.29, 0.717) is 18.1 Å². The molecule has 2 aliphatic rings. The van der Waals surface area contributed by atoms with E-state index >= 15 is 0 Å². The fraction of sp³-hybridized carbons (Fsp3) is 0.333. The summed E-state index contributed by atoms with van der Waals surface area (Å²) in [6, 6.07) is 16.9. The monoisotopic (exact) mass is 329 g/mol. The van der Waals surface area contributed by atoms with Crippen molar-refractivity contribution in [3.8, 4) is 0 Å². The van der Waals surface area contributed by atoms with E-state index in [1.807, 2.05) is 42.5 Å². The third kappa shape index (κ3) is 2.40. The van der Waals surface area contributed by atoms with Gasteiger partial charge in [-0.05, 0) is 17.2 Å². The van der Waals surface area contributed by atoms with Gasteiger partial charge in [-0.3, -0.25) is 4.90 Å². The van der Waals surface area contributed by atoms with Crippen LogP contribution in [-0.2, 0) is 14.6 Å². The minimum Gasteiger partial charge on any atom is -0.379 e. The second kappa shape index (κ2) is 5.74. The third-order valence-corrected chi connectivity index (χ3v) is 6.92. The standard InChI is InChI=1S/C18H19NO3S/c20-23(21)16-9-5-4-8-15(16)17(19-10-12-22-13-11-19)18(23)14-6-2-1-3-7-14/h1-9,17-18H,10-13H2. The molecule has 120 valence electrons. The lowest BCUT2D eigenvalue weighted by Crippen LogP contribution is -2.40. The zero-order chi connectivity index (χ0) is 15.9. The van der Waals surface area contributed by atoms with Crippen molar-refractivity contribution >= 4 is 9.84 Å². The summed E-state index contributed by atoms with van der Waals surface area (Å²) >= 11 is 0. The highest BCUT2D eigenvalue weighted by atomic mass is 32.2. The van der Waals surface area contributed by atoms with Crippen LogP contribution in [0.2, 0.25) is 0 Å². The largest absolute Gasteiger partial charge is 0.379 e. The van der Waals surface area contributed by atoms with Crippen molar-refractivity contribution in [3.05, 3.63) is 65.7 Å². The molecule has 2 aromatic carbocycles. The quantitative estimate of drug-likeness (QED) is 0.850. The number of sulfone groups is 1. The van der Waals surface area contributed by atoms with Crippen LogP contribution in [0.15, 0.2) is 59.5 Å². The Morgan fingerprint density at radius 3 is 2.30 bits per heavy atom. The van der Waals surface area contributed by atoms with E-state index in [9.17, 15) is 8.42 Å². The van der Waals surface area contributed by atoms with Gasteiger partial charge in [-0.1, -0.05) is 48.5 Å². The second-order valence-corrected chi connectivity index (χ2v) is 8.05. The van der Waals surface area contributed by atoms with Crippen molar-refractivity contribution in [3.63, 3.8) is 0 Å². The van der Waals surface area contributed by atoms with Crippen LogP contribution in [0.4, 0.5) is 0 Å². The highest BCUT2D eigenvalue weighted by Crippen LogP contribution is 2.51. The van der Waals surface area contributed by atoms with Crippen LogP contribution in [0.3, 0.4) is 0 Å². The minimum absolute atomic E-state index is 0.137. The number of hydrogen-bond donors (Lipinski definition) is 0. The first-order valence-electron chi connectivity index (χ1n) is 7.89. The van der Waals surface area contributed by atoms with Gasteiger partial charge in [-0.2, -0.15) is 0 Å². The molecule has 0 aliphatic carbocycles. The predicted molar refractivity (Wildman–Crippen MR) is 87.9 cm³/mol. The normalized spacial score (nSPS) is 26.8. The van der Waals surface area contributed by atoms with Crippen molar-refractivity contribution in [2.75, 3.05) is 26.3 Å². The fourth-order valence-electron chi connectivity index (χ4n) is 3.70. The molecular weight excluding hydrogens is 310 g/mol. The van der Waals surface area contributed by atoms with Gasteiger partial charge in [0.15, 0.2) is 9.84 Å². The summed E-state index contributed by atoms with van der Waals surface area (Å²) in [4.78, 5) is 2.73. The molecule has 2 atom stereocenters. The molecule has 0 spiro atoms. The van der Waals surface area contributed by atoms with Gasteiger partial charge < -0.3 is 4.74 Å². The maximum absolute atomic E-state index is 13.2. The van der Waals surface area contributed by atoms with E-state index in [2.05, 4.69) is 4.90 Å². The van der Waals surface area contributed by atoms with Gasteiger partial charge >= 0.3 is 0 Å². The van der Waals surface area contributed by atoms with Crippen LogP contribution in [-0.4, -0.2) is 39.6 Å². The maximum atomic E-state index is 13.2. The van der Waals surface area contributed by atoms with Gasteiger partial charge in [0.05, 0.1) is 24.2 Å². The molecule has 1 fully saturated rings. The van der Waals surface area contributed by atoms with Crippen LogP contribution in [0.5, 0.6) is 0 Å². The summed E-state index contributed by atoms with van der Waals surface area (Å²) in [5.41, 5.74) is 1.78. The Hall–Kier alpha value is -1.69. The summed E-state index contributed by atoms with van der Waals surface area (Å²) in [6.45, 7) is 2.83. The molecule has 1 saturated heterocycles. The molecule has 2 aliphatic heterocycles. The first kappa shape index (κ1) is 14.9. The first-order valence-corrected chi connectivity index (χ1v) is 9.44. The lowest BCUT2D eigenvalue weighted by Gasteiger charge is -2.35. The Morgan fingerprint density at radius 2 is 1.57 bits per heavy atom. The van der Waals surface area contributed by atoms with Crippen molar-refractivity contribution in [1.82, 2.24) is 4.90 Å². The smallest absolute Gasteiger partial charge is 0.187 e. The third-order valence-electron chi connectivity index (χ3n) is 4.73. The van der Waals surface area contributed by atoms with Gasteiger partial charge in [-0.15, -0.1) is 0 Å². The van der Waals surface area contributed by atoms with E-state index < -0.39 is 15.1 Å². The van der Waals surface area contributed by atoms with Gasteiger partial charge in [0.2, 0.25) is 0 Å². The summed E-state index contributed by atoms with van der Waals surface area (Å²) < 4.78 is 31.8. The molecule has 0 N–H and O–H groups in total. The Labute approximate surface area is 136 Å². The molecule has 0 radical (unpaired) electrons. The number of ether oxygens (including phenoxy) is 1. The molecule has 2 aromatic rings. The molecule has 0 bridgehead atoms. The number of rotatable bonds is 2.